The van der Waals surface area contributed by atoms with Gasteiger partial charge in [0.15, 0.2) is 5.69 Å². The highest BCUT2D eigenvalue weighted by atomic mass is 35.5. The van der Waals surface area contributed by atoms with Crippen LogP contribution >= 0.6 is 11.6 Å². The smallest absolute Gasteiger partial charge is 0.356 e. The topological polar surface area (TPSA) is 72.3 Å². The molecule has 1 aromatic heterocycles. The van der Waals surface area contributed by atoms with Crippen molar-refractivity contribution in [2.75, 3.05) is 0 Å². The molecule has 0 saturated heterocycles. The average Bonchev–Trinajstić information content (AvgIpc) is 2.38. The van der Waals surface area contributed by atoms with E-state index in [1.54, 1.807) is 12.1 Å². The van der Waals surface area contributed by atoms with Gasteiger partial charge in [0.05, 0.1) is 12.4 Å². The van der Waals surface area contributed by atoms with Crippen LogP contribution < -0.4 is 4.74 Å². The molecule has 1 N–H and O–H groups in total. The van der Waals surface area contributed by atoms with E-state index in [2.05, 4.69) is 9.97 Å². The van der Waals surface area contributed by atoms with Gasteiger partial charge in [-0.1, -0.05) is 23.7 Å². The normalized spacial score (nSPS) is 10.1. The van der Waals surface area contributed by atoms with Crippen molar-refractivity contribution in [3.05, 3.63) is 52.9 Å². The van der Waals surface area contributed by atoms with E-state index < -0.39 is 5.97 Å². The molecule has 0 spiro atoms. The van der Waals surface area contributed by atoms with E-state index in [9.17, 15) is 4.79 Å². The van der Waals surface area contributed by atoms with Crippen molar-refractivity contribution in [1.29, 1.82) is 0 Å². The Morgan fingerprint density at radius 2 is 2.00 bits per heavy atom. The second kappa shape index (κ2) is 5.46. The summed E-state index contributed by atoms with van der Waals surface area (Å²) in [6.45, 7) is 0.273. The maximum absolute atomic E-state index is 10.7. The van der Waals surface area contributed by atoms with Gasteiger partial charge in [0.1, 0.15) is 6.61 Å². The van der Waals surface area contributed by atoms with Crippen molar-refractivity contribution < 1.29 is 14.6 Å². The first kappa shape index (κ1) is 12.3. The average molecular weight is 265 g/mol. The summed E-state index contributed by atoms with van der Waals surface area (Å²) in [7, 11) is 0. The maximum atomic E-state index is 10.7. The van der Waals surface area contributed by atoms with Crippen LogP contribution in [0.2, 0.25) is 5.02 Å². The SMILES string of the molecule is O=C(O)c1cncc(OCc2ccc(Cl)cc2)n1. The number of aromatic carboxylic acids is 1. The van der Waals surface area contributed by atoms with Crippen molar-refractivity contribution in [3.63, 3.8) is 0 Å². The molecule has 0 aliphatic carbocycles. The fourth-order valence-electron chi connectivity index (χ4n) is 1.26. The minimum Gasteiger partial charge on any atom is -0.476 e. The molecule has 0 atom stereocenters. The predicted molar refractivity (Wildman–Crippen MR) is 64.8 cm³/mol. The van der Waals surface area contributed by atoms with E-state index in [0.717, 1.165) is 11.8 Å². The number of nitrogens with zero attached hydrogens (tertiary/aromatic N) is 2. The maximum Gasteiger partial charge on any atom is 0.356 e. The van der Waals surface area contributed by atoms with Crippen molar-refractivity contribution in [2.24, 2.45) is 0 Å². The Bertz CT molecular complexity index is 558. The van der Waals surface area contributed by atoms with Crippen LogP contribution in [-0.2, 0) is 6.61 Å². The summed E-state index contributed by atoms with van der Waals surface area (Å²) < 4.78 is 5.34. The van der Waals surface area contributed by atoms with E-state index in [1.165, 1.54) is 6.20 Å². The van der Waals surface area contributed by atoms with Crippen molar-refractivity contribution in [1.82, 2.24) is 9.97 Å². The molecule has 0 aliphatic rings. The van der Waals surface area contributed by atoms with Gasteiger partial charge in [-0.15, -0.1) is 0 Å². The van der Waals surface area contributed by atoms with Crippen molar-refractivity contribution in [2.45, 2.75) is 6.61 Å². The summed E-state index contributed by atoms with van der Waals surface area (Å²) in [5.41, 5.74) is 0.755. The lowest BCUT2D eigenvalue weighted by Gasteiger charge is -2.05. The standard InChI is InChI=1S/C12H9ClN2O3/c13-9-3-1-8(2-4-9)7-18-11-6-14-5-10(15-11)12(16)17/h1-6H,7H2,(H,16,17). The molecular weight excluding hydrogens is 256 g/mol. The largest absolute Gasteiger partial charge is 0.476 e. The van der Waals surface area contributed by atoms with Gasteiger partial charge in [-0.3, -0.25) is 4.98 Å². The van der Waals surface area contributed by atoms with Gasteiger partial charge in [-0.25, -0.2) is 9.78 Å². The van der Waals surface area contributed by atoms with E-state index >= 15 is 0 Å². The quantitative estimate of drug-likeness (QED) is 0.918. The number of carbonyl (C=O) groups is 1. The number of aromatic nitrogens is 2. The molecule has 18 heavy (non-hydrogen) atoms. The number of rotatable bonds is 4. The molecule has 6 heteroatoms. The molecule has 0 radical (unpaired) electrons. The van der Waals surface area contributed by atoms with E-state index in [1.807, 2.05) is 12.1 Å². The van der Waals surface area contributed by atoms with Gasteiger partial charge < -0.3 is 9.84 Å². The van der Waals surface area contributed by atoms with Crippen LogP contribution in [0.25, 0.3) is 0 Å². The summed E-state index contributed by atoms with van der Waals surface area (Å²) in [5.74, 6) is -0.968. The van der Waals surface area contributed by atoms with Gasteiger partial charge >= 0.3 is 5.97 Å². The Hall–Kier alpha value is -2.14. The Kier molecular flexibility index (Phi) is 3.74. The summed E-state index contributed by atoms with van der Waals surface area (Å²) in [5, 5.41) is 9.40. The zero-order chi connectivity index (χ0) is 13.0. The molecule has 2 aromatic rings. The molecule has 2 rings (SSSR count). The third-order valence-corrected chi connectivity index (χ3v) is 2.38. The highest BCUT2D eigenvalue weighted by Gasteiger charge is 2.06. The van der Waals surface area contributed by atoms with Crippen LogP contribution in [0.15, 0.2) is 36.7 Å². The second-order valence-electron chi connectivity index (χ2n) is 3.46. The number of halogens is 1. The summed E-state index contributed by atoms with van der Waals surface area (Å²) in [4.78, 5) is 18.2. The first-order valence-corrected chi connectivity index (χ1v) is 5.45. The van der Waals surface area contributed by atoms with Gasteiger partial charge in [0.2, 0.25) is 5.88 Å². The zero-order valence-corrected chi connectivity index (χ0v) is 9.96. The molecule has 5 nitrogen and oxygen atoms in total. The highest BCUT2D eigenvalue weighted by Crippen LogP contribution is 2.12. The molecule has 0 aliphatic heterocycles. The minimum atomic E-state index is -1.14. The van der Waals surface area contributed by atoms with Crippen LogP contribution in [-0.4, -0.2) is 21.0 Å². The summed E-state index contributed by atoms with van der Waals surface area (Å²) >= 11 is 5.76. The second-order valence-corrected chi connectivity index (χ2v) is 3.90. The third kappa shape index (κ3) is 3.18. The van der Waals surface area contributed by atoms with Gasteiger partial charge in [0.25, 0.3) is 0 Å². The number of hydrogen-bond donors (Lipinski definition) is 1. The van der Waals surface area contributed by atoms with Gasteiger partial charge in [0, 0.05) is 5.02 Å². The first-order valence-electron chi connectivity index (χ1n) is 5.08. The van der Waals surface area contributed by atoms with Gasteiger partial charge in [-0.2, -0.15) is 0 Å². The fourth-order valence-corrected chi connectivity index (χ4v) is 1.38. The Labute approximate surface area is 108 Å². The number of benzene rings is 1. The predicted octanol–water partition coefficient (Wildman–Crippen LogP) is 2.41. The number of carboxylic acids is 1. The van der Waals surface area contributed by atoms with Crippen molar-refractivity contribution in [3.8, 4) is 5.88 Å². The van der Waals surface area contributed by atoms with Crippen LogP contribution in [0.1, 0.15) is 16.1 Å². The van der Waals surface area contributed by atoms with Crippen LogP contribution in [0.3, 0.4) is 0 Å². The van der Waals surface area contributed by atoms with Crippen LogP contribution in [0.5, 0.6) is 5.88 Å². The van der Waals surface area contributed by atoms with E-state index in [-0.39, 0.29) is 18.2 Å². The summed E-state index contributed by atoms with van der Waals surface area (Å²) in [6, 6.07) is 7.13. The number of carboxylic acid groups (broad SMARTS) is 1. The Balaban J connectivity index is 2.04. The molecule has 0 bridgehead atoms. The molecule has 0 unspecified atom stereocenters. The lowest BCUT2D eigenvalue weighted by atomic mass is 10.2. The number of ether oxygens (including phenoxy) is 1. The van der Waals surface area contributed by atoms with Crippen LogP contribution in [0.4, 0.5) is 0 Å². The molecule has 0 amide bonds. The molecule has 1 heterocycles. The Morgan fingerprint density at radius 3 is 2.67 bits per heavy atom. The van der Waals surface area contributed by atoms with E-state index in [4.69, 9.17) is 21.4 Å². The highest BCUT2D eigenvalue weighted by molar-refractivity contribution is 6.30. The van der Waals surface area contributed by atoms with Crippen molar-refractivity contribution >= 4 is 17.6 Å². The first-order chi connectivity index (χ1) is 8.65. The third-order valence-electron chi connectivity index (χ3n) is 2.13. The fraction of sp³-hybridized carbons (Fsp3) is 0.0833. The van der Waals surface area contributed by atoms with Crippen LogP contribution in [0, 0.1) is 0 Å². The molecule has 92 valence electrons. The zero-order valence-electron chi connectivity index (χ0n) is 9.21. The van der Waals surface area contributed by atoms with Gasteiger partial charge in [-0.05, 0) is 17.7 Å². The number of hydrogen-bond acceptors (Lipinski definition) is 4. The lowest BCUT2D eigenvalue weighted by molar-refractivity contribution is 0.0688. The molecule has 0 saturated carbocycles. The molecular formula is C12H9ClN2O3. The lowest BCUT2D eigenvalue weighted by Crippen LogP contribution is -2.04. The molecule has 1 aromatic carbocycles. The minimum absolute atomic E-state index is 0.149. The summed E-state index contributed by atoms with van der Waals surface area (Å²) in [6.07, 6.45) is 2.53. The molecule has 0 fully saturated rings. The Morgan fingerprint density at radius 1 is 1.28 bits per heavy atom. The van der Waals surface area contributed by atoms with E-state index in [0.29, 0.717) is 5.02 Å². The monoisotopic (exact) mass is 264 g/mol.